The first-order valence-corrected chi connectivity index (χ1v) is 5.70. The highest BCUT2D eigenvalue weighted by Gasteiger charge is 2.05. The van der Waals surface area contributed by atoms with Gasteiger partial charge in [-0.2, -0.15) is 10.1 Å². The largest absolute Gasteiger partial charge is 0.363 e. The summed E-state index contributed by atoms with van der Waals surface area (Å²) < 4.78 is 2.57. The lowest BCUT2D eigenvalue weighted by molar-refractivity contribution is 0.719. The molecule has 2 heterocycles. The maximum Gasteiger partial charge on any atom is 0.239 e. The van der Waals surface area contributed by atoms with Crippen LogP contribution in [0.1, 0.15) is 5.69 Å². The Balaban J connectivity index is 2.11. The Kier molecular flexibility index (Phi) is 3.55. The molecular formula is C9H12BrN7. The highest BCUT2D eigenvalue weighted by molar-refractivity contribution is 9.10. The van der Waals surface area contributed by atoms with Crippen LogP contribution in [0.5, 0.6) is 0 Å². The Bertz CT molecular complexity index is 510. The van der Waals surface area contributed by atoms with Gasteiger partial charge < -0.3 is 5.32 Å². The number of nitrogen functional groups attached to an aromatic ring is 1. The zero-order valence-electron chi connectivity index (χ0n) is 9.18. The van der Waals surface area contributed by atoms with Crippen molar-refractivity contribution in [2.75, 3.05) is 10.7 Å². The van der Waals surface area contributed by atoms with Crippen molar-refractivity contribution in [2.45, 2.75) is 6.54 Å². The summed E-state index contributed by atoms with van der Waals surface area (Å²) in [6, 6.07) is 1.93. The third-order valence-electron chi connectivity index (χ3n) is 2.23. The molecule has 0 radical (unpaired) electrons. The van der Waals surface area contributed by atoms with E-state index >= 15 is 0 Å². The number of aromatic nitrogens is 4. The number of aryl methyl sites for hydroxylation is 1. The molecule has 0 saturated heterocycles. The summed E-state index contributed by atoms with van der Waals surface area (Å²) in [5, 5.41) is 7.26. The molecule has 0 fully saturated rings. The minimum absolute atomic E-state index is 0.362. The number of anilines is 2. The van der Waals surface area contributed by atoms with Gasteiger partial charge in [-0.15, -0.1) is 0 Å². The molecule has 2 aromatic heterocycles. The minimum Gasteiger partial charge on any atom is -0.363 e. The number of nitrogens with two attached hydrogens (primary N) is 1. The number of hydrazine groups is 1. The molecule has 2 rings (SSSR count). The van der Waals surface area contributed by atoms with E-state index in [1.54, 1.807) is 17.1 Å². The maximum absolute atomic E-state index is 5.25. The number of hydrogen-bond acceptors (Lipinski definition) is 6. The van der Waals surface area contributed by atoms with Gasteiger partial charge in [0.05, 0.1) is 16.7 Å². The summed E-state index contributed by atoms with van der Waals surface area (Å²) in [5.41, 5.74) is 3.45. The third kappa shape index (κ3) is 2.71. The van der Waals surface area contributed by atoms with E-state index in [9.17, 15) is 0 Å². The van der Waals surface area contributed by atoms with Crippen LogP contribution in [0.4, 0.5) is 11.8 Å². The maximum atomic E-state index is 5.25. The number of hydrogen-bond donors (Lipinski definition) is 3. The summed E-state index contributed by atoms with van der Waals surface area (Å²) >= 11 is 3.36. The molecule has 0 bridgehead atoms. The van der Waals surface area contributed by atoms with Crippen LogP contribution in [-0.4, -0.2) is 19.7 Å². The number of halogens is 1. The first-order valence-electron chi connectivity index (χ1n) is 4.90. The Hall–Kier alpha value is -1.67. The van der Waals surface area contributed by atoms with Crippen molar-refractivity contribution in [1.82, 2.24) is 19.7 Å². The highest BCUT2D eigenvalue weighted by Crippen LogP contribution is 2.20. The van der Waals surface area contributed by atoms with Gasteiger partial charge in [-0.3, -0.25) is 10.1 Å². The quantitative estimate of drug-likeness (QED) is 0.573. The summed E-state index contributed by atoms with van der Waals surface area (Å²) in [7, 11) is 1.89. The predicted octanol–water partition coefficient (Wildman–Crippen LogP) is 0.870. The van der Waals surface area contributed by atoms with E-state index in [0.29, 0.717) is 18.3 Å². The van der Waals surface area contributed by atoms with Gasteiger partial charge in [0, 0.05) is 19.4 Å². The Labute approximate surface area is 107 Å². The zero-order valence-corrected chi connectivity index (χ0v) is 10.8. The van der Waals surface area contributed by atoms with Gasteiger partial charge in [0.25, 0.3) is 0 Å². The average Bonchev–Trinajstić information content (AvgIpc) is 2.74. The van der Waals surface area contributed by atoms with Gasteiger partial charge in [0.15, 0.2) is 0 Å². The van der Waals surface area contributed by atoms with E-state index in [1.807, 2.05) is 13.1 Å². The normalized spacial score (nSPS) is 10.3. The molecule has 8 heteroatoms. The molecule has 0 amide bonds. The van der Waals surface area contributed by atoms with Crippen LogP contribution < -0.4 is 16.6 Å². The van der Waals surface area contributed by atoms with E-state index in [-0.39, 0.29) is 0 Å². The van der Waals surface area contributed by atoms with Crippen LogP contribution in [0.2, 0.25) is 0 Å². The molecule has 17 heavy (non-hydrogen) atoms. The van der Waals surface area contributed by atoms with Crippen LogP contribution in [-0.2, 0) is 13.6 Å². The van der Waals surface area contributed by atoms with Gasteiger partial charge in [-0.1, -0.05) is 0 Å². The fraction of sp³-hybridized carbons (Fsp3) is 0.222. The SMILES string of the molecule is Cn1nccc1CNc1nc(NN)ncc1Br. The second-order valence-electron chi connectivity index (χ2n) is 3.33. The molecule has 0 saturated carbocycles. The van der Waals surface area contributed by atoms with Crippen molar-refractivity contribution < 1.29 is 0 Å². The predicted molar refractivity (Wildman–Crippen MR) is 68.1 cm³/mol. The molecule has 0 aliphatic heterocycles. The number of nitrogens with one attached hydrogen (secondary N) is 2. The van der Waals surface area contributed by atoms with E-state index in [1.165, 1.54) is 0 Å². The zero-order chi connectivity index (χ0) is 12.3. The van der Waals surface area contributed by atoms with Crippen LogP contribution in [0, 0.1) is 0 Å². The van der Waals surface area contributed by atoms with Crippen molar-refractivity contribution in [3.8, 4) is 0 Å². The second-order valence-corrected chi connectivity index (χ2v) is 4.19. The van der Waals surface area contributed by atoms with Gasteiger partial charge in [-0.25, -0.2) is 10.8 Å². The van der Waals surface area contributed by atoms with Crippen LogP contribution in [0.3, 0.4) is 0 Å². The Morgan fingerprint density at radius 2 is 2.35 bits per heavy atom. The highest BCUT2D eigenvalue weighted by atomic mass is 79.9. The lowest BCUT2D eigenvalue weighted by Gasteiger charge is -2.08. The molecule has 7 nitrogen and oxygen atoms in total. The van der Waals surface area contributed by atoms with Gasteiger partial charge >= 0.3 is 0 Å². The van der Waals surface area contributed by atoms with Crippen LogP contribution in [0.25, 0.3) is 0 Å². The van der Waals surface area contributed by atoms with Crippen molar-refractivity contribution >= 4 is 27.7 Å². The Morgan fingerprint density at radius 3 is 3.00 bits per heavy atom. The molecule has 0 aromatic carbocycles. The molecule has 90 valence electrons. The summed E-state index contributed by atoms with van der Waals surface area (Å²) in [5.74, 6) is 6.29. The van der Waals surface area contributed by atoms with Crippen LogP contribution in [0.15, 0.2) is 22.9 Å². The van der Waals surface area contributed by atoms with Crippen LogP contribution >= 0.6 is 15.9 Å². The molecule has 0 aliphatic rings. The molecule has 0 spiro atoms. The summed E-state index contributed by atoms with van der Waals surface area (Å²) in [6.07, 6.45) is 3.38. The smallest absolute Gasteiger partial charge is 0.239 e. The monoisotopic (exact) mass is 297 g/mol. The van der Waals surface area contributed by atoms with E-state index in [0.717, 1.165) is 10.2 Å². The second kappa shape index (κ2) is 5.11. The van der Waals surface area contributed by atoms with E-state index < -0.39 is 0 Å². The molecule has 4 N–H and O–H groups in total. The number of rotatable bonds is 4. The molecule has 0 aliphatic carbocycles. The van der Waals surface area contributed by atoms with Crippen molar-refractivity contribution in [3.63, 3.8) is 0 Å². The van der Waals surface area contributed by atoms with Crippen molar-refractivity contribution in [1.29, 1.82) is 0 Å². The summed E-state index contributed by atoms with van der Waals surface area (Å²) in [6.45, 7) is 0.621. The fourth-order valence-corrected chi connectivity index (χ4v) is 1.64. The standard InChI is InChI=1S/C9H12BrN7/c1-17-6(2-3-14-17)4-12-8-7(10)5-13-9(15-8)16-11/h2-3,5H,4,11H2,1H3,(H2,12,13,15,16). The average molecular weight is 298 g/mol. The lowest BCUT2D eigenvalue weighted by atomic mass is 10.4. The fourth-order valence-electron chi connectivity index (χ4n) is 1.31. The minimum atomic E-state index is 0.362. The Morgan fingerprint density at radius 1 is 1.53 bits per heavy atom. The number of nitrogens with zero attached hydrogens (tertiary/aromatic N) is 4. The first kappa shape index (κ1) is 11.8. The molecule has 0 unspecified atom stereocenters. The molecule has 0 atom stereocenters. The molecular weight excluding hydrogens is 286 g/mol. The topological polar surface area (TPSA) is 93.7 Å². The lowest BCUT2D eigenvalue weighted by Crippen LogP contribution is -2.12. The van der Waals surface area contributed by atoms with E-state index in [2.05, 4.69) is 41.7 Å². The van der Waals surface area contributed by atoms with Gasteiger partial charge in [0.1, 0.15) is 5.82 Å². The van der Waals surface area contributed by atoms with Crippen molar-refractivity contribution in [2.24, 2.45) is 12.9 Å². The first-order chi connectivity index (χ1) is 8.20. The van der Waals surface area contributed by atoms with Gasteiger partial charge in [-0.05, 0) is 22.0 Å². The summed E-state index contributed by atoms with van der Waals surface area (Å²) in [4.78, 5) is 8.15. The van der Waals surface area contributed by atoms with Crippen molar-refractivity contribution in [3.05, 3.63) is 28.6 Å². The van der Waals surface area contributed by atoms with Gasteiger partial charge in [0.2, 0.25) is 5.95 Å². The molecule has 2 aromatic rings. The van der Waals surface area contributed by atoms with E-state index in [4.69, 9.17) is 5.84 Å². The third-order valence-corrected chi connectivity index (χ3v) is 2.81.